The van der Waals surface area contributed by atoms with Gasteiger partial charge in [-0.1, -0.05) is 25.8 Å². The van der Waals surface area contributed by atoms with Crippen LogP contribution in [-0.2, 0) is 11.3 Å². The van der Waals surface area contributed by atoms with Crippen molar-refractivity contribution in [3.63, 3.8) is 0 Å². The van der Waals surface area contributed by atoms with Gasteiger partial charge in [0.05, 0.1) is 37.1 Å². The Kier molecular flexibility index (Phi) is 10.3. The van der Waals surface area contributed by atoms with E-state index < -0.39 is 18.5 Å². The van der Waals surface area contributed by atoms with Crippen LogP contribution < -0.4 is 15.4 Å². The molecule has 1 aliphatic rings. The number of fused-ring (bicyclic) bond motifs is 1. The lowest BCUT2D eigenvalue weighted by molar-refractivity contribution is -0.140. The van der Waals surface area contributed by atoms with Crippen LogP contribution in [0.1, 0.15) is 32.4 Å². The molecule has 0 radical (unpaired) electrons. The number of aromatic nitrogens is 1. The SMILES string of the molecule is COc1cc(SC)c(F)cc1NCC#Cc1cc2c(NC3CCN(CC(=O)C(C)C)CC3)cccc2n1CC(F)(F)F. The number of alkyl halides is 3. The second kappa shape index (κ2) is 13.7. The summed E-state index contributed by atoms with van der Waals surface area (Å²) in [6, 6.07) is 9.99. The standard InChI is InChI=1S/C31H36F4N4O2S/c1-20(2)28(40)18-38-13-10-21(11-14-38)37-25-8-5-9-27-23(25)15-22(39(27)19-31(33,34)35)7-6-12-36-26-16-24(32)30(42-4)17-29(26)41-3/h5,8-9,15-17,20-21,36-37H,10-14,18-19H2,1-4H3. The molecule has 0 bridgehead atoms. The Balaban J connectivity index is 1.53. The fourth-order valence-electron chi connectivity index (χ4n) is 4.99. The van der Waals surface area contributed by atoms with E-state index in [2.05, 4.69) is 27.4 Å². The van der Waals surface area contributed by atoms with E-state index in [-0.39, 0.29) is 30.0 Å². The summed E-state index contributed by atoms with van der Waals surface area (Å²) in [6.07, 6.45) is -1.02. The lowest BCUT2D eigenvalue weighted by atomic mass is 10.0. The van der Waals surface area contributed by atoms with Gasteiger partial charge in [-0.25, -0.2) is 4.39 Å². The molecule has 6 nitrogen and oxygen atoms in total. The van der Waals surface area contributed by atoms with Crippen LogP contribution in [0.15, 0.2) is 41.3 Å². The number of likely N-dealkylation sites (tertiary alicyclic amines) is 1. The Morgan fingerprint density at radius 2 is 1.90 bits per heavy atom. The number of nitrogens with one attached hydrogen (secondary N) is 2. The predicted molar refractivity (Wildman–Crippen MR) is 161 cm³/mol. The van der Waals surface area contributed by atoms with Gasteiger partial charge in [0.15, 0.2) is 0 Å². The maximum Gasteiger partial charge on any atom is 0.406 e. The molecule has 226 valence electrons. The van der Waals surface area contributed by atoms with Crippen molar-refractivity contribution in [1.82, 2.24) is 9.47 Å². The number of ether oxygens (including phenoxy) is 1. The fraction of sp³-hybridized carbons (Fsp3) is 0.452. The van der Waals surface area contributed by atoms with Crippen molar-refractivity contribution in [3.8, 4) is 17.6 Å². The van der Waals surface area contributed by atoms with Gasteiger partial charge in [-0.15, -0.1) is 11.8 Å². The highest BCUT2D eigenvalue weighted by Crippen LogP contribution is 2.33. The van der Waals surface area contributed by atoms with Crippen molar-refractivity contribution in [2.75, 3.05) is 50.2 Å². The first kappa shape index (κ1) is 31.6. The van der Waals surface area contributed by atoms with Gasteiger partial charge in [0.1, 0.15) is 23.9 Å². The Morgan fingerprint density at radius 3 is 2.55 bits per heavy atom. The first-order chi connectivity index (χ1) is 20.0. The first-order valence-corrected chi connectivity index (χ1v) is 15.1. The number of carbonyl (C=O) groups is 1. The van der Waals surface area contributed by atoms with E-state index in [0.29, 0.717) is 33.8 Å². The number of carbonyl (C=O) groups excluding carboxylic acids is 1. The van der Waals surface area contributed by atoms with Crippen molar-refractivity contribution in [1.29, 1.82) is 0 Å². The normalized spacial score (nSPS) is 14.6. The number of piperidine rings is 1. The van der Waals surface area contributed by atoms with Gasteiger partial charge in [-0.3, -0.25) is 9.69 Å². The molecule has 1 aromatic heterocycles. The highest BCUT2D eigenvalue weighted by atomic mass is 32.2. The molecule has 0 unspecified atom stereocenters. The Bertz CT molecular complexity index is 1470. The van der Waals surface area contributed by atoms with Crippen LogP contribution in [0.5, 0.6) is 5.75 Å². The van der Waals surface area contributed by atoms with Crippen LogP contribution >= 0.6 is 11.8 Å². The minimum absolute atomic E-state index is 0.00427. The van der Waals surface area contributed by atoms with Gasteiger partial charge in [-0.2, -0.15) is 13.2 Å². The number of Topliss-reactive ketones (excluding diaryl/α,β-unsaturated/α-hetero) is 1. The number of ketones is 1. The van der Waals surface area contributed by atoms with Crippen LogP contribution in [0.25, 0.3) is 10.9 Å². The van der Waals surface area contributed by atoms with Gasteiger partial charge in [0, 0.05) is 47.1 Å². The molecular formula is C31H36F4N4O2S. The average molecular weight is 605 g/mol. The van der Waals surface area contributed by atoms with E-state index in [9.17, 15) is 22.4 Å². The second-order valence-electron chi connectivity index (χ2n) is 10.6. The van der Waals surface area contributed by atoms with Gasteiger partial charge in [0.25, 0.3) is 0 Å². The summed E-state index contributed by atoms with van der Waals surface area (Å²) in [5.41, 5.74) is 1.83. The Labute approximate surface area is 248 Å². The quantitative estimate of drug-likeness (QED) is 0.154. The fourth-order valence-corrected chi connectivity index (χ4v) is 5.47. The smallest absolute Gasteiger partial charge is 0.406 e. The topological polar surface area (TPSA) is 58.5 Å². The van der Waals surface area contributed by atoms with E-state index in [1.54, 1.807) is 30.5 Å². The second-order valence-corrected chi connectivity index (χ2v) is 11.5. The number of methoxy groups -OCH3 is 1. The van der Waals surface area contributed by atoms with Crippen LogP contribution in [-0.4, -0.2) is 67.0 Å². The van der Waals surface area contributed by atoms with Gasteiger partial charge in [-0.05, 0) is 49.3 Å². The third-order valence-electron chi connectivity index (χ3n) is 7.31. The molecule has 2 N–H and O–H groups in total. The summed E-state index contributed by atoms with van der Waals surface area (Å²) in [7, 11) is 1.48. The molecule has 1 fully saturated rings. The highest BCUT2D eigenvalue weighted by molar-refractivity contribution is 7.98. The molecule has 2 heterocycles. The minimum Gasteiger partial charge on any atom is -0.495 e. The number of halogens is 4. The zero-order chi connectivity index (χ0) is 30.4. The molecule has 1 aliphatic heterocycles. The highest BCUT2D eigenvalue weighted by Gasteiger charge is 2.30. The molecule has 4 rings (SSSR count). The molecule has 0 aliphatic carbocycles. The van der Waals surface area contributed by atoms with Crippen LogP contribution in [0.4, 0.5) is 28.9 Å². The van der Waals surface area contributed by atoms with Gasteiger partial charge in [0.2, 0.25) is 0 Å². The summed E-state index contributed by atoms with van der Waals surface area (Å²) in [5.74, 6) is 6.03. The average Bonchev–Trinajstić information content (AvgIpc) is 3.28. The van der Waals surface area contributed by atoms with Crippen LogP contribution in [0.2, 0.25) is 0 Å². The number of hydrogen-bond acceptors (Lipinski definition) is 6. The zero-order valence-electron chi connectivity index (χ0n) is 24.2. The Morgan fingerprint density at radius 1 is 1.17 bits per heavy atom. The number of hydrogen-bond donors (Lipinski definition) is 2. The van der Waals surface area contributed by atoms with E-state index in [4.69, 9.17) is 4.74 Å². The molecule has 1 saturated heterocycles. The number of nitrogens with zero attached hydrogens (tertiary/aromatic N) is 2. The first-order valence-electron chi connectivity index (χ1n) is 13.8. The maximum absolute atomic E-state index is 14.3. The summed E-state index contributed by atoms with van der Waals surface area (Å²) in [6.45, 7) is 4.71. The summed E-state index contributed by atoms with van der Waals surface area (Å²) >= 11 is 1.26. The van der Waals surface area contributed by atoms with Crippen molar-refractivity contribution >= 4 is 39.8 Å². The van der Waals surface area contributed by atoms with Crippen LogP contribution in [0, 0.1) is 23.6 Å². The number of anilines is 2. The Hall–Kier alpha value is -3.36. The van der Waals surface area contributed by atoms with E-state index in [1.165, 1.54) is 29.5 Å². The number of benzene rings is 2. The van der Waals surface area contributed by atoms with Crippen molar-refractivity contribution in [3.05, 3.63) is 47.9 Å². The summed E-state index contributed by atoms with van der Waals surface area (Å²) in [4.78, 5) is 14.7. The molecule has 42 heavy (non-hydrogen) atoms. The molecular weight excluding hydrogens is 568 g/mol. The van der Waals surface area contributed by atoms with Crippen molar-refractivity contribution in [2.24, 2.45) is 5.92 Å². The molecule has 2 aromatic carbocycles. The van der Waals surface area contributed by atoms with E-state index in [1.807, 2.05) is 19.9 Å². The number of rotatable bonds is 10. The monoisotopic (exact) mass is 604 g/mol. The van der Waals surface area contributed by atoms with Crippen molar-refractivity contribution < 1.29 is 27.1 Å². The third-order valence-corrected chi connectivity index (χ3v) is 8.06. The van der Waals surface area contributed by atoms with Crippen LogP contribution in [0.3, 0.4) is 0 Å². The lowest BCUT2D eigenvalue weighted by Crippen LogP contribution is -2.42. The third kappa shape index (κ3) is 7.92. The predicted octanol–water partition coefficient (Wildman–Crippen LogP) is 6.64. The van der Waals surface area contributed by atoms with Gasteiger partial charge < -0.3 is 19.9 Å². The molecule has 0 spiro atoms. The van der Waals surface area contributed by atoms with E-state index >= 15 is 0 Å². The molecule has 11 heteroatoms. The largest absolute Gasteiger partial charge is 0.495 e. The molecule has 3 aromatic rings. The molecule has 0 amide bonds. The molecule has 0 atom stereocenters. The molecule has 0 saturated carbocycles. The summed E-state index contributed by atoms with van der Waals surface area (Å²) < 4.78 is 61.6. The minimum atomic E-state index is -4.44. The maximum atomic E-state index is 14.3. The van der Waals surface area contributed by atoms with Crippen molar-refractivity contribution in [2.45, 2.75) is 50.3 Å². The lowest BCUT2D eigenvalue weighted by Gasteiger charge is -2.32. The van der Waals surface area contributed by atoms with Gasteiger partial charge >= 0.3 is 6.18 Å². The zero-order valence-corrected chi connectivity index (χ0v) is 25.0. The summed E-state index contributed by atoms with van der Waals surface area (Å²) in [5, 5.41) is 7.18. The number of thioether (sulfide) groups is 1. The van der Waals surface area contributed by atoms with E-state index in [0.717, 1.165) is 31.6 Å².